The van der Waals surface area contributed by atoms with Crippen molar-refractivity contribution in [2.24, 2.45) is 0 Å². The molecule has 3 nitrogen and oxygen atoms in total. The average Bonchev–Trinajstić information content (AvgIpc) is 2.90. The topological polar surface area (TPSA) is 27.1 Å². The number of allylic oxidation sites excluding steroid dienone is 1. The van der Waals surface area contributed by atoms with Crippen LogP contribution in [-0.4, -0.2) is 9.55 Å². The van der Waals surface area contributed by atoms with E-state index in [0.29, 0.717) is 6.54 Å². The summed E-state index contributed by atoms with van der Waals surface area (Å²) >= 11 is 6.07. The van der Waals surface area contributed by atoms with E-state index in [1.807, 2.05) is 56.3 Å². The Labute approximate surface area is 141 Å². The quantitative estimate of drug-likeness (QED) is 0.593. The maximum atomic E-state index is 6.08. The summed E-state index contributed by atoms with van der Waals surface area (Å²) in [5.41, 5.74) is 3.05. The van der Waals surface area contributed by atoms with E-state index in [2.05, 4.69) is 17.2 Å². The van der Waals surface area contributed by atoms with E-state index in [4.69, 9.17) is 21.3 Å². The van der Waals surface area contributed by atoms with Crippen molar-refractivity contribution in [1.29, 1.82) is 0 Å². The van der Waals surface area contributed by atoms with Crippen LogP contribution >= 0.6 is 11.6 Å². The maximum absolute atomic E-state index is 6.08. The van der Waals surface area contributed by atoms with E-state index in [1.165, 1.54) is 0 Å². The number of halogens is 1. The molecule has 0 radical (unpaired) electrons. The molecule has 0 amide bonds. The Hall–Kier alpha value is -2.26. The van der Waals surface area contributed by atoms with Gasteiger partial charge in [0.2, 0.25) is 0 Å². The van der Waals surface area contributed by atoms with Crippen LogP contribution in [0.3, 0.4) is 0 Å². The van der Waals surface area contributed by atoms with Gasteiger partial charge in [0.05, 0.1) is 11.0 Å². The molecule has 0 bridgehead atoms. The smallest absolute Gasteiger partial charge is 0.153 e. The molecule has 118 valence electrons. The van der Waals surface area contributed by atoms with Crippen LogP contribution in [0, 0.1) is 6.92 Å². The monoisotopic (exact) mass is 326 g/mol. The summed E-state index contributed by atoms with van der Waals surface area (Å²) in [5.74, 6) is 1.68. The minimum absolute atomic E-state index is 0.178. The molecule has 1 aromatic heterocycles. The lowest BCUT2D eigenvalue weighted by atomic mass is 10.2. The molecule has 0 N–H and O–H groups in total. The number of benzene rings is 2. The fraction of sp³-hybridized carbons (Fsp3) is 0.211. The number of fused-ring (bicyclic) bond motifs is 1. The molecular formula is C19H19ClN2O. The summed E-state index contributed by atoms with van der Waals surface area (Å²) < 4.78 is 8.21. The van der Waals surface area contributed by atoms with Crippen molar-refractivity contribution in [2.75, 3.05) is 0 Å². The highest BCUT2D eigenvalue weighted by Gasteiger charge is 2.17. The molecule has 1 unspecified atom stereocenters. The minimum atomic E-state index is -0.178. The van der Waals surface area contributed by atoms with Crippen molar-refractivity contribution >= 4 is 22.6 Å². The lowest BCUT2D eigenvalue weighted by Gasteiger charge is -2.16. The van der Waals surface area contributed by atoms with E-state index >= 15 is 0 Å². The average molecular weight is 327 g/mol. The minimum Gasteiger partial charge on any atom is -0.483 e. The summed E-state index contributed by atoms with van der Waals surface area (Å²) in [6.45, 7) is 8.51. The molecule has 4 heteroatoms. The van der Waals surface area contributed by atoms with E-state index < -0.39 is 0 Å². The van der Waals surface area contributed by atoms with Crippen molar-refractivity contribution < 1.29 is 4.74 Å². The molecule has 0 saturated carbocycles. The predicted octanol–water partition coefficient (Wildman–Crippen LogP) is 5.32. The first-order valence-corrected chi connectivity index (χ1v) is 7.97. The van der Waals surface area contributed by atoms with Gasteiger partial charge in [-0.25, -0.2) is 4.98 Å². The van der Waals surface area contributed by atoms with Crippen molar-refractivity contribution in [3.05, 3.63) is 71.5 Å². The van der Waals surface area contributed by atoms with Gasteiger partial charge in [-0.2, -0.15) is 0 Å². The summed E-state index contributed by atoms with van der Waals surface area (Å²) in [4.78, 5) is 4.73. The van der Waals surface area contributed by atoms with Crippen molar-refractivity contribution in [1.82, 2.24) is 9.55 Å². The zero-order valence-corrected chi connectivity index (χ0v) is 14.0. The van der Waals surface area contributed by atoms with Gasteiger partial charge in [0, 0.05) is 11.6 Å². The maximum Gasteiger partial charge on any atom is 0.153 e. The number of rotatable bonds is 5. The third-order valence-electron chi connectivity index (χ3n) is 3.80. The predicted molar refractivity (Wildman–Crippen MR) is 95.2 cm³/mol. The van der Waals surface area contributed by atoms with E-state index in [0.717, 1.165) is 33.2 Å². The van der Waals surface area contributed by atoms with Gasteiger partial charge in [-0.1, -0.05) is 29.8 Å². The van der Waals surface area contributed by atoms with Gasteiger partial charge in [-0.3, -0.25) is 0 Å². The molecule has 0 saturated heterocycles. The summed E-state index contributed by atoms with van der Waals surface area (Å²) in [5, 5.41) is 0.740. The third-order valence-corrected chi connectivity index (χ3v) is 4.23. The first kappa shape index (κ1) is 15.6. The van der Waals surface area contributed by atoms with Gasteiger partial charge in [0.1, 0.15) is 5.75 Å². The molecule has 23 heavy (non-hydrogen) atoms. The highest BCUT2D eigenvalue weighted by atomic mass is 35.5. The standard InChI is InChI=1S/C19H19ClN2O/c1-4-11-22-18-8-6-5-7-17(18)21-19(22)14(3)23-15-9-10-16(20)13(2)12-15/h4-10,12,14H,1,11H2,2-3H3. The van der Waals surface area contributed by atoms with Crippen LogP contribution in [0.4, 0.5) is 0 Å². The molecule has 0 aliphatic carbocycles. The molecule has 3 aromatic rings. The van der Waals surface area contributed by atoms with Crippen molar-refractivity contribution in [3.63, 3.8) is 0 Å². The fourth-order valence-corrected chi connectivity index (χ4v) is 2.79. The van der Waals surface area contributed by atoms with Crippen LogP contribution in [0.1, 0.15) is 24.4 Å². The van der Waals surface area contributed by atoms with Gasteiger partial charge >= 0.3 is 0 Å². The molecule has 0 spiro atoms. The fourth-order valence-electron chi connectivity index (χ4n) is 2.67. The van der Waals surface area contributed by atoms with Gasteiger partial charge in [0.15, 0.2) is 11.9 Å². The SMILES string of the molecule is C=CCn1c(C(C)Oc2ccc(Cl)c(C)c2)nc2ccccc21. The molecule has 3 rings (SSSR count). The highest BCUT2D eigenvalue weighted by Crippen LogP contribution is 2.27. The van der Waals surface area contributed by atoms with Crippen LogP contribution < -0.4 is 4.74 Å². The Morgan fingerprint density at radius 2 is 2.09 bits per heavy atom. The Kier molecular flexibility index (Phi) is 4.39. The second-order valence-electron chi connectivity index (χ2n) is 5.53. The first-order valence-electron chi connectivity index (χ1n) is 7.59. The molecular weight excluding hydrogens is 308 g/mol. The second-order valence-corrected chi connectivity index (χ2v) is 5.94. The normalized spacial score (nSPS) is 12.3. The van der Waals surface area contributed by atoms with Gasteiger partial charge in [-0.15, -0.1) is 6.58 Å². The Bertz CT molecular complexity index is 854. The number of hydrogen-bond acceptors (Lipinski definition) is 2. The van der Waals surface area contributed by atoms with Gasteiger partial charge in [-0.05, 0) is 49.7 Å². The number of aryl methyl sites for hydroxylation is 1. The van der Waals surface area contributed by atoms with Gasteiger partial charge in [0.25, 0.3) is 0 Å². The zero-order chi connectivity index (χ0) is 16.4. The number of nitrogens with zero attached hydrogens (tertiary/aromatic N) is 2. The van der Waals surface area contributed by atoms with Gasteiger partial charge < -0.3 is 9.30 Å². The number of imidazole rings is 1. The lowest BCUT2D eigenvalue weighted by Crippen LogP contribution is -2.11. The van der Waals surface area contributed by atoms with E-state index in [9.17, 15) is 0 Å². The Morgan fingerprint density at radius 1 is 1.30 bits per heavy atom. The molecule has 1 atom stereocenters. The number of ether oxygens (including phenoxy) is 1. The van der Waals surface area contributed by atoms with Crippen LogP contribution in [0.5, 0.6) is 5.75 Å². The molecule has 0 fully saturated rings. The first-order chi connectivity index (χ1) is 11.1. The largest absolute Gasteiger partial charge is 0.483 e. The van der Waals surface area contributed by atoms with Crippen LogP contribution in [0.2, 0.25) is 5.02 Å². The Balaban J connectivity index is 1.96. The third kappa shape index (κ3) is 3.10. The lowest BCUT2D eigenvalue weighted by molar-refractivity contribution is 0.212. The number of para-hydroxylation sites is 2. The van der Waals surface area contributed by atoms with Crippen LogP contribution in [-0.2, 0) is 6.54 Å². The molecule has 1 heterocycles. The van der Waals surface area contributed by atoms with Crippen molar-refractivity contribution in [2.45, 2.75) is 26.5 Å². The summed E-state index contributed by atoms with van der Waals surface area (Å²) in [6, 6.07) is 13.8. The van der Waals surface area contributed by atoms with Crippen LogP contribution in [0.25, 0.3) is 11.0 Å². The Morgan fingerprint density at radius 3 is 2.83 bits per heavy atom. The number of hydrogen-bond donors (Lipinski definition) is 0. The number of aromatic nitrogens is 2. The van der Waals surface area contributed by atoms with Crippen LogP contribution in [0.15, 0.2) is 55.1 Å². The summed E-state index contributed by atoms with van der Waals surface area (Å²) in [6.07, 6.45) is 1.69. The second kappa shape index (κ2) is 6.47. The van der Waals surface area contributed by atoms with E-state index in [1.54, 1.807) is 0 Å². The zero-order valence-electron chi connectivity index (χ0n) is 13.3. The molecule has 0 aliphatic rings. The summed E-state index contributed by atoms with van der Waals surface area (Å²) in [7, 11) is 0. The molecule has 2 aromatic carbocycles. The van der Waals surface area contributed by atoms with Crippen molar-refractivity contribution in [3.8, 4) is 5.75 Å². The molecule has 0 aliphatic heterocycles. The highest BCUT2D eigenvalue weighted by molar-refractivity contribution is 6.31. The van der Waals surface area contributed by atoms with E-state index in [-0.39, 0.29) is 6.10 Å².